The molecule has 1 fully saturated rings. The zero-order valence-electron chi connectivity index (χ0n) is 10.1. The van der Waals surface area contributed by atoms with Gasteiger partial charge in [-0.05, 0) is 25.3 Å². The van der Waals surface area contributed by atoms with Gasteiger partial charge in [-0.2, -0.15) is 0 Å². The van der Waals surface area contributed by atoms with Gasteiger partial charge in [0.15, 0.2) is 0 Å². The summed E-state index contributed by atoms with van der Waals surface area (Å²) in [6.45, 7) is 7.44. The van der Waals surface area contributed by atoms with E-state index in [4.69, 9.17) is 0 Å². The average Bonchev–Trinajstić information content (AvgIpc) is 2.75. The summed E-state index contributed by atoms with van der Waals surface area (Å²) in [6, 6.07) is 2.12. The number of anilines is 1. The Kier molecular flexibility index (Phi) is 2.52. The molecule has 0 atom stereocenters. The monoisotopic (exact) mass is 248 g/mol. The number of aromatic nitrogens is 2. The van der Waals surface area contributed by atoms with Gasteiger partial charge in [-0.3, -0.25) is 0 Å². The van der Waals surface area contributed by atoms with Gasteiger partial charge in [0, 0.05) is 25.2 Å². The molecule has 0 amide bonds. The van der Waals surface area contributed by atoms with E-state index in [1.807, 2.05) is 0 Å². The molecule has 0 unspecified atom stereocenters. The van der Waals surface area contributed by atoms with Crippen LogP contribution in [0, 0.1) is 0 Å². The van der Waals surface area contributed by atoms with Crippen LogP contribution in [0.4, 0.5) is 5.82 Å². The molecule has 1 aliphatic rings. The Morgan fingerprint density at radius 3 is 3.12 bits per heavy atom. The molecule has 2 aromatic rings. The zero-order chi connectivity index (χ0) is 11.9. The summed E-state index contributed by atoms with van der Waals surface area (Å²) in [5, 5.41) is 6.77. The van der Waals surface area contributed by atoms with Crippen molar-refractivity contribution >= 4 is 27.4 Å². The first kappa shape index (κ1) is 10.9. The Morgan fingerprint density at radius 1 is 1.41 bits per heavy atom. The molecule has 90 valence electrons. The fraction of sp³-hybridized carbons (Fsp3) is 0.500. The second-order valence-corrected chi connectivity index (χ2v) is 5.96. The molecular weight excluding hydrogens is 232 g/mol. The van der Waals surface area contributed by atoms with Crippen molar-refractivity contribution in [3.63, 3.8) is 0 Å². The van der Waals surface area contributed by atoms with Gasteiger partial charge in [-0.25, -0.2) is 9.97 Å². The summed E-state index contributed by atoms with van der Waals surface area (Å²) in [6.07, 6.45) is 1.67. The number of rotatable bonds is 1. The second kappa shape index (κ2) is 3.92. The lowest BCUT2D eigenvalue weighted by atomic mass is 10.0. The third-order valence-corrected chi connectivity index (χ3v) is 3.93. The molecule has 2 aromatic heterocycles. The molecule has 3 rings (SSSR count). The fourth-order valence-electron chi connectivity index (χ4n) is 2.35. The molecule has 0 aromatic carbocycles. The van der Waals surface area contributed by atoms with Crippen molar-refractivity contribution < 1.29 is 0 Å². The molecule has 0 saturated carbocycles. The van der Waals surface area contributed by atoms with Crippen LogP contribution >= 0.6 is 11.3 Å². The highest BCUT2D eigenvalue weighted by Gasteiger charge is 2.27. The van der Waals surface area contributed by atoms with Crippen molar-refractivity contribution in [2.75, 3.05) is 24.5 Å². The van der Waals surface area contributed by atoms with Crippen LogP contribution in [0.1, 0.15) is 13.8 Å². The summed E-state index contributed by atoms with van der Waals surface area (Å²) in [5.41, 5.74) is 0.144. The highest BCUT2D eigenvalue weighted by molar-refractivity contribution is 7.16. The minimum Gasteiger partial charge on any atom is -0.353 e. The first-order valence-electron chi connectivity index (χ1n) is 5.84. The normalized spacial score (nSPS) is 19.8. The van der Waals surface area contributed by atoms with Crippen molar-refractivity contribution in [3.05, 3.63) is 17.8 Å². The van der Waals surface area contributed by atoms with Crippen LogP contribution in [0.5, 0.6) is 0 Å². The number of fused-ring (bicyclic) bond motifs is 1. The molecule has 4 nitrogen and oxygen atoms in total. The van der Waals surface area contributed by atoms with E-state index >= 15 is 0 Å². The van der Waals surface area contributed by atoms with Crippen LogP contribution in [-0.2, 0) is 0 Å². The Hall–Kier alpha value is -1.20. The van der Waals surface area contributed by atoms with Crippen molar-refractivity contribution in [2.45, 2.75) is 19.4 Å². The quantitative estimate of drug-likeness (QED) is 0.836. The molecule has 1 aliphatic heterocycles. The van der Waals surface area contributed by atoms with Gasteiger partial charge in [0.25, 0.3) is 0 Å². The van der Waals surface area contributed by atoms with E-state index in [9.17, 15) is 0 Å². The standard InChI is InChI=1S/C12H16N4S/c1-12(2)7-16(5-4-15-12)10-9-3-6-17-11(9)14-8-13-10/h3,6,8,15H,4-5,7H2,1-2H3. The van der Waals surface area contributed by atoms with Crippen molar-refractivity contribution in [1.29, 1.82) is 0 Å². The minimum absolute atomic E-state index is 0.144. The van der Waals surface area contributed by atoms with Gasteiger partial charge >= 0.3 is 0 Å². The molecule has 3 heterocycles. The Balaban J connectivity index is 2.00. The number of hydrogen-bond acceptors (Lipinski definition) is 5. The Bertz CT molecular complexity index is 534. The van der Waals surface area contributed by atoms with Crippen LogP contribution < -0.4 is 10.2 Å². The van der Waals surface area contributed by atoms with Gasteiger partial charge < -0.3 is 10.2 Å². The summed E-state index contributed by atoms with van der Waals surface area (Å²) in [4.78, 5) is 12.2. The topological polar surface area (TPSA) is 41.1 Å². The fourth-order valence-corrected chi connectivity index (χ4v) is 3.08. The molecule has 0 bridgehead atoms. The van der Waals surface area contributed by atoms with E-state index in [1.165, 1.54) is 5.39 Å². The van der Waals surface area contributed by atoms with Crippen LogP contribution in [0.2, 0.25) is 0 Å². The lowest BCUT2D eigenvalue weighted by Gasteiger charge is -2.39. The molecule has 5 heteroatoms. The third kappa shape index (κ3) is 2.00. The number of nitrogens with zero attached hydrogens (tertiary/aromatic N) is 3. The van der Waals surface area contributed by atoms with E-state index in [-0.39, 0.29) is 5.54 Å². The van der Waals surface area contributed by atoms with E-state index in [1.54, 1.807) is 17.7 Å². The van der Waals surface area contributed by atoms with Gasteiger partial charge in [0.1, 0.15) is 17.0 Å². The van der Waals surface area contributed by atoms with Crippen LogP contribution in [-0.4, -0.2) is 35.1 Å². The van der Waals surface area contributed by atoms with Crippen molar-refractivity contribution in [3.8, 4) is 0 Å². The summed E-state index contributed by atoms with van der Waals surface area (Å²) in [5.74, 6) is 1.07. The Morgan fingerprint density at radius 2 is 2.29 bits per heavy atom. The summed E-state index contributed by atoms with van der Waals surface area (Å²) in [7, 11) is 0. The molecule has 1 saturated heterocycles. The lowest BCUT2D eigenvalue weighted by Crippen LogP contribution is -2.57. The predicted molar refractivity (Wildman–Crippen MR) is 71.7 cm³/mol. The first-order chi connectivity index (χ1) is 8.16. The minimum atomic E-state index is 0.144. The summed E-state index contributed by atoms with van der Waals surface area (Å²) >= 11 is 1.67. The number of thiophene rings is 1. The lowest BCUT2D eigenvalue weighted by molar-refractivity contribution is 0.352. The van der Waals surface area contributed by atoms with Crippen LogP contribution in [0.25, 0.3) is 10.2 Å². The molecule has 17 heavy (non-hydrogen) atoms. The highest BCUT2D eigenvalue weighted by atomic mass is 32.1. The maximum atomic E-state index is 4.46. The van der Waals surface area contributed by atoms with Gasteiger partial charge in [-0.1, -0.05) is 0 Å². The van der Waals surface area contributed by atoms with Crippen LogP contribution in [0.15, 0.2) is 17.8 Å². The van der Waals surface area contributed by atoms with E-state index in [2.05, 4.69) is 45.5 Å². The highest BCUT2D eigenvalue weighted by Crippen LogP contribution is 2.28. The SMILES string of the molecule is CC1(C)CN(c2ncnc3sccc23)CCN1. The molecule has 0 aliphatic carbocycles. The first-order valence-corrected chi connectivity index (χ1v) is 6.72. The van der Waals surface area contributed by atoms with E-state index in [0.717, 1.165) is 30.3 Å². The number of nitrogens with one attached hydrogen (secondary N) is 1. The molecular formula is C12H16N4S. The average molecular weight is 248 g/mol. The number of piperazine rings is 1. The molecule has 1 N–H and O–H groups in total. The third-order valence-electron chi connectivity index (χ3n) is 3.11. The smallest absolute Gasteiger partial charge is 0.140 e. The number of hydrogen-bond donors (Lipinski definition) is 1. The van der Waals surface area contributed by atoms with E-state index < -0.39 is 0 Å². The zero-order valence-corrected chi connectivity index (χ0v) is 10.9. The Labute approximate surface area is 105 Å². The van der Waals surface area contributed by atoms with Gasteiger partial charge in [0.05, 0.1) is 5.39 Å². The largest absolute Gasteiger partial charge is 0.353 e. The maximum absolute atomic E-state index is 4.46. The summed E-state index contributed by atoms with van der Waals surface area (Å²) < 4.78 is 0. The van der Waals surface area contributed by atoms with Crippen LogP contribution in [0.3, 0.4) is 0 Å². The second-order valence-electron chi connectivity index (χ2n) is 5.07. The van der Waals surface area contributed by atoms with E-state index in [0.29, 0.717) is 0 Å². The molecule has 0 spiro atoms. The van der Waals surface area contributed by atoms with Gasteiger partial charge in [0.2, 0.25) is 0 Å². The van der Waals surface area contributed by atoms with Crippen molar-refractivity contribution in [2.24, 2.45) is 0 Å². The molecule has 0 radical (unpaired) electrons. The maximum Gasteiger partial charge on any atom is 0.140 e. The predicted octanol–water partition coefficient (Wildman–Crippen LogP) is 1.88. The van der Waals surface area contributed by atoms with Crippen molar-refractivity contribution in [1.82, 2.24) is 15.3 Å². The van der Waals surface area contributed by atoms with Gasteiger partial charge in [-0.15, -0.1) is 11.3 Å².